The zero-order valence-electron chi connectivity index (χ0n) is 9.43. The lowest BCUT2D eigenvalue weighted by atomic mass is 10.4. The molecule has 1 heterocycles. The molecule has 96 valence electrons. The Labute approximate surface area is 98.9 Å². The van der Waals surface area contributed by atoms with Gasteiger partial charge < -0.3 is 14.8 Å². The standard InChI is InChI=1S/C9H14N2O5S/c1-6(12)5-11-9(13)7-3-4-8(16-7)17(14,15)10-2/h3-4,6,10,12H,5H2,1-2H3,(H,11,13). The van der Waals surface area contributed by atoms with E-state index in [1.165, 1.54) is 26.1 Å². The summed E-state index contributed by atoms with van der Waals surface area (Å²) < 4.78 is 29.6. The summed E-state index contributed by atoms with van der Waals surface area (Å²) in [6, 6.07) is 2.44. The van der Waals surface area contributed by atoms with Crippen molar-refractivity contribution in [3.05, 3.63) is 17.9 Å². The van der Waals surface area contributed by atoms with Crippen LogP contribution >= 0.6 is 0 Å². The van der Waals surface area contributed by atoms with E-state index in [0.29, 0.717) is 0 Å². The van der Waals surface area contributed by atoms with Gasteiger partial charge in [-0.25, -0.2) is 13.1 Å². The van der Waals surface area contributed by atoms with Crippen LogP contribution in [-0.4, -0.2) is 39.1 Å². The van der Waals surface area contributed by atoms with Crippen LogP contribution in [0.25, 0.3) is 0 Å². The lowest BCUT2D eigenvalue weighted by Gasteiger charge is -2.04. The number of nitrogens with one attached hydrogen (secondary N) is 2. The van der Waals surface area contributed by atoms with Gasteiger partial charge in [-0.1, -0.05) is 0 Å². The molecule has 0 bridgehead atoms. The highest BCUT2D eigenvalue weighted by Gasteiger charge is 2.19. The molecular weight excluding hydrogens is 248 g/mol. The van der Waals surface area contributed by atoms with Gasteiger partial charge in [-0.3, -0.25) is 4.79 Å². The molecule has 0 aliphatic carbocycles. The predicted octanol–water partition coefficient (Wildman–Crippen LogP) is -0.702. The number of rotatable bonds is 5. The molecule has 1 amide bonds. The van der Waals surface area contributed by atoms with Crippen molar-refractivity contribution in [1.82, 2.24) is 10.0 Å². The fourth-order valence-electron chi connectivity index (χ4n) is 1.01. The van der Waals surface area contributed by atoms with Crippen molar-refractivity contribution < 1.29 is 22.7 Å². The van der Waals surface area contributed by atoms with Gasteiger partial charge in [0.25, 0.3) is 15.9 Å². The van der Waals surface area contributed by atoms with E-state index in [0.717, 1.165) is 0 Å². The first-order valence-corrected chi connectivity index (χ1v) is 6.35. The second-order valence-electron chi connectivity index (χ2n) is 3.39. The first kappa shape index (κ1) is 13.7. The summed E-state index contributed by atoms with van der Waals surface area (Å²) in [5, 5.41) is 11.0. The molecule has 0 aromatic carbocycles. The van der Waals surface area contributed by atoms with Gasteiger partial charge in [-0.2, -0.15) is 0 Å². The van der Waals surface area contributed by atoms with E-state index in [4.69, 9.17) is 9.52 Å². The van der Waals surface area contributed by atoms with Gasteiger partial charge in [0, 0.05) is 6.54 Å². The molecule has 17 heavy (non-hydrogen) atoms. The summed E-state index contributed by atoms with van der Waals surface area (Å²) in [6.07, 6.45) is -0.686. The van der Waals surface area contributed by atoms with Crippen LogP contribution in [0.2, 0.25) is 0 Å². The van der Waals surface area contributed by atoms with Crippen LogP contribution in [0.15, 0.2) is 21.6 Å². The van der Waals surface area contributed by atoms with Crippen molar-refractivity contribution in [2.24, 2.45) is 0 Å². The maximum absolute atomic E-state index is 11.4. The Morgan fingerprint density at radius 2 is 2.18 bits per heavy atom. The van der Waals surface area contributed by atoms with Gasteiger partial charge >= 0.3 is 0 Å². The van der Waals surface area contributed by atoms with Crippen LogP contribution < -0.4 is 10.0 Å². The second kappa shape index (κ2) is 5.30. The molecule has 1 unspecified atom stereocenters. The van der Waals surface area contributed by atoms with Crippen LogP contribution in [-0.2, 0) is 10.0 Å². The van der Waals surface area contributed by atoms with E-state index < -0.39 is 22.0 Å². The minimum atomic E-state index is -3.69. The lowest BCUT2D eigenvalue weighted by Crippen LogP contribution is -2.30. The molecule has 0 fully saturated rings. The molecule has 1 atom stereocenters. The Hall–Kier alpha value is -1.38. The van der Waals surface area contributed by atoms with E-state index in [-0.39, 0.29) is 17.4 Å². The summed E-state index contributed by atoms with van der Waals surface area (Å²) in [5.74, 6) is -0.706. The smallest absolute Gasteiger partial charge is 0.287 e. The highest BCUT2D eigenvalue weighted by Crippen LogP contribution is 2.13. The summed E-state index contributed by atoms with van der Waals surface area (Å²) in [6.45, 7) is 1.58. The minimum Gasteiger partial charge on any atom is -0.438 e. The molecule has 0 radical (unpaired) electrons. The Kier molecular flexibility index (Phi) is 4.27. The molecule has 3 N–H and O–H groups in total. The number of hydrogen-bond donors (Lipinski definition) is 3. The first-order valence-electron chi connectivity index (χ1n) is 4.86. The van der Waals surface area contributed by atoms with Crippen molar-refractivity contribution >= 4 is 15.9 Å². The van der Waals surface area contributed by atoms with E-state index >= 15 is 0 Å². The van der Waals surface area contributed by atoms with Crippen molar-refractivity contribution in [3.63, 3.8) is 0 Å². The molecule has 7 nitrogen and oxygen atoms in total. The maximum Gasteiger partial charge on any atom is 0.287 e. The Morgan fingerprint density at radius 3 is 2.71 bits per heavy atom. The van der Waals surface area contributed by atoms with Crippen molar-refractivity contribution in [1.29, 1.82) is 0 Å². The van der Waals surface area contributed by atoms with E-state index in [1.807, 2.05) is 0 Å². The van der Waals surface area contributed by atoms with Crippen LogP contribution in [0.4, 0.5) is 0 Å². The predicted molar refractivity (Wildman–Crippen MR) is 59.0 cm³/mol. The fourth-order valence-corrected chi connectivity index (χ4v) is 1.66. The van der Waals surface area contributed by atoms with Gasteiger partial charge in [0.15, 0.2) is 5.76 Å². The van der Waals surface area contributed by atoms with Gasteiger partial charge in [0.2, 0.25) is 5.09 Å². The van der Waals surface area contributed by atoms with Crippen molar-refractivity contribution in [3.8, 4) is 0 Å². The minimum absolute atomic E-state index is 0.0631. The topological polar surface area (TPSA) is 109 Å². The number of carbonyl (C=O) groups is 1. The first-order chi connectivity index (χ1) is 7.86. The average molecular weight is 262 g/mol. The number of sulfonamides is 1. The number of aliphatic hydroxyl groups is 1. The van der Waals surface area contributed by atoms with Crippen LogP contribution in [0.1, 0.15) is 17.5 Å². The largest absolute Gasteiger partial charge is 0.438 e. The zero-order valence-corrected chi connectivity index (χ0v) is 10.2. The van der Waals surface area contributed by atoms with Crippen LogP contribution in [0, 0.1) is 0 Å². The molecule has 0 spiro atoms. The highest BCUT2D eigenvalue weighted by atomic mass is 32.2. The van der Waals surface area contributed by atoms with Crippen molar-refractivity contribution in [2.75, 3.05) is 13.6 Å². The van der Waals surface area contributed by atoms with Crippen molar-refractivity contribution in [2.45, 2.75) is 18.1 Å². The summed E-state index contributed by atoms with van der Waals surface area (Å²) in [5.41, 5.74) is 0. The Morgan fingerprint density at radius 1 is 1.53 bits per heavy atom. The summed E-state index contributed by atoms with van der Waals surface area (Å²) in [7, 11) is -2.45. The van der Waals surface area contributed by atoms with E-state index in [1.54, 1.807) is 0 Å². The normalized spacial score (nSPS) is 13.4. The molecule has 1 aromatic rings. The molecule has 1 rings (SSSR count). The van der Waals surface area contributed by atoms with Gasteiger partial charge in [-0.15, -0.1) is 0 Å². The fraction of sp³-hybridized carbons (Fsp3) is 0.444. The Bertz CT molecular complexity index is 491. The number of aliphatic hydroxyl groups excluding tert-OH is 1. The third-order valence-corrected chi connectivity index (χ3v) is 3.18. The third kappa shape index (κ3) is 3.55. The molecule has 0 aliphatic rings. The number of carbonyl (C=O) groups excluding carboxylic acids is 1. The molecule has 1 aromatic heterocycles. The van der Waals surface area contributed by atoms with E-state index in [9.17, 15) is 13.2 Å². The number of amides is 1. The lowest BCUT2D eigenvalue weighted by molar-refractivity contribution is 0.0891. The van der Waals surface area contributed by atoms with Gasteiger partial charge in [-0.05, 0) is 26.1 Å². The Balaban J connectivity index is 2.78. The van der Waals surface area contributed by atoms with Crippen LogP contribution in [0.5, 0.6) is 0 Å². The number of furan rings is 1. The zero-order chi connectivity index (χ0) is 13.1. The summed E-state index contributed by atoms with van der Waals surface area (Å²) >= 11 is 0. The summed E-state index contributed by atoms with van der Waals surface area (Å²) in [4.78, 5) is 11.4. The molecule has 0 aliphatic heterocycles. The van der Waals surface area contributed by atoms with E-state index in [2.05, 4.69) is 10.0 Å². The molecule has 8 heteroatoms. The second-order valence-corrected chi connectivity index (χ2v) is 5.20. The highest BCUT2D eigenvalue weighted by molar-refractivity contribution is 7.89. The molecular formula is C9H14N2O5S. The maximum atomic E-state index is 11.4. The van der Waals surface area contributed by atoms with Gasteiger partial charge in [0.05, 0.1) is 6.10 Å². The molecule has 0 saturated heterocycles. The monoisotopic (exact) mass is 262 g/mol. The third-order valence-electron chi connectivity index (χ3n) is 1.90. The quantitative estimate of drug-likeness (QED) is 0.650. The average Bonchev–Trinajstić information content (AvgIpc) is 2.75. The van der Waals surface area contributed by atoms with Crippen LogP contribution in [0.3, 0.4) is 0 Å². The van der Waals surface area contributed by atoms with Gasteiger partial charge in [0.1, 0.15) is 0 Å². The molecule has 0 saturated carbocycles. The number of hydrogen-bond acceptors (Lipinski definition) is 5. The SMILES string of the molecule is CNS(=O)(=O)c1ccc(C(=O)NCC(C)O)o1.